The largest absolute Gasteiger partial charge is 0.444 e. The summed E-state index contributed by atoms with van der Waals surface area (Å²) in [6.45, 7) is 10.2. The van der Waals surface area contributed by atoms with Gasteiger partial charge < -0.3 is 19.3 Å². The molecule has 0 radical (unpaired) electrons. The molecule has 0 aromatic heterocycles. The van der Waals surface area contributed by atoms with Crippen molar-refractivity contribution in [3.63, 3.8) is 0 Å². The van der Waals surface area contributed by atoms with Gasteiger partial charge in [0.05, 0.1) is 19.6 Å². The van der Waals surface area contributed by atoms with Crippen LogP contribution in [0.4, 0.5) is 0 Å². The molecular weight excluding hydrogens is 208 g/mol. The lowest BCUT2D eigenvalue weighted by atomic mass is 10.3. The maximum Gasteiger partial charge on any atom is 0.183 e. The van der Waals surface area contributed by atoms with Crippen LogP contribution in [0.3, 0.4) is 0 Å². The summed E-state index contributed by atoms with van der Waals surface area (Å²) in [5.41, 5.74) is 0. The van der Waals surface area contributed by atoms with E-state index in [0.29, 0.717) is 0 Å². The van der Waals surface area contributed by atoms with Crippen molar-refractivity contribution in [1.29, 1.82) is 0 Å². The molecule has 0 aromatic rings. The average molecular weight is 232 g/mol. The zero-order chi connectivity index (χ0) is 12.3. The number of quaternary nitrogens is 1. The normalized spacial score (nSPS) is 17.6. The van der Waals surface area contributed by atoms with Gasteiger partial charge in [-0.1, -0.05) is 13.3 Å². The van der Waals surface area contributed by atoms with Gasteiger partial charge in [-0.25, -0.2) is 0 Å². The number of ether oxygens (including phenoxy) is 1. The fourth-order valence-electron chi connectivity index (χ4n) is 2.20. The Kier molecular flexibility index (Phi) is 9.13. The first-order chi connectivity index (χ1) is 7.74. The van der Waals surface area contributed by atoms with Crippen LogP contribution in [-0.2, 0) is 4.74 Å². The predicted molar refractivity (Wildman–Crippen MR) is 64.7 cm³/mol. The van der Waals surface area contributed by atoms with Gasteiger partial charge in [-0.15, -0.1) is 5.34 Å². The van der Waals surface area contributed by atoms with Crippen LogP contribution in [0.1, 0.15) is 39.5 Å². The van der Waals surface area contributed by atoms with Gasteiger partial charge in [-0.05, 0) is 13.3 Å². The molecule has 1 heterocycles. The molecule has 0 spiro atoms. The Morgan fingerprint density at radius 1 is 1.31 bits per heavy atom. The zero-order valence-electron chi connectivity index (χ0n) is 10.5. The molecule has 96 valence electrons. The molecule has 1 aliphatic rings. The molecule has 1 rings (SSSR count). The number of nitrogens with zero attached hydrogens (tertiary/aromatic N) is 2. The number of unbranched alkanes of at least 4 members (excludes halogenated alkanes) is 1. The quantitative estimate of drug-likeness (QED) is 0.402. The first-order valence-electron chi connectivity index (χ1n) is 6.12. The monoisotopic (exact) mass is 232 g/mol. The first-order valence-corrected chi connectivity index (χ1v) is 6.12. The summed E-state index contributed by atoms with van der Waals surface area (Å²) in [5.74, 6) is 0. The highest BCUT2D eigenvalue weighted by molar-refractivity contribution is 4.52. The van der Waals surface area contributed by atoms with Gasteiger partial charge in [0.25, 0.3) is 0 Å². The molecule has 0 unspecified atom stereocenters. The second kappa shape index (κ2) is 9.54. The van der Waals surface area contributed by atoms with Crippen molar-refractivity contribution >= 4 is 0 Å². The summed E-state index contributed by atoms with van der Waals surface area (Å²) < 4.78 is 6.83. The topological polar surface area (TPSA) is 61.7 Å². The van der Waals surface area contributed by atoms with Crippen LogP contribution < -0.4 is 0 Å². The Bertz CT molecular complexity index is 161. The summed E-state index contributed by atoms with van der Waals surface area (Å²) in [6.07, 6.45) is 5.47. The van der Waals surface area contributed by atoms with Crippen molar-refractivity contribution in [3.05, 3.63) is 10.1 Å². The molecule has 0 amide bonds. The molecule has 0 atom stereocenters. The van der Waals surface area contributed by atoms with Crippen molar-refractivity contribution < 1.29 is 9.22 Å². The molecule has 16 heavy (non-hydrogen) atoms. The van der Waals surface area contributed by atoms with E-state index in [4.69, 9.17) is 14.9 Å². The first kappa shape index (κ1) is 15.3. The molecule has 1 fully saturated rings. The smallest absolute Gasteiger partial charge is 0.183 e. The summed E-state index contributed by atoms with van der Waals surface area (Å²) in [7, 11) is 0. The van der Waals surface area contributed by atoms with E-state index in [1.54, 1.807) is 0 Å². The summed E-state index contributed by atoms with van der Waals surface area (Å²) >= 11 is 0. The minimum atomic E-state index is 0.867. The SMILES string of the molecule is CCCC[N+]1(COCC)CCCC1.O=N[O-]. The third-order valence-electron chi connectivity index (χ3n) is 3.07. The molecule has 5 heteroatoms. The van der Waals surface area contributed by atoms with Crippen molar-refractivity contribution in [2.75, 3.05) is 33.0 Å². The highest BCUT2D eigenvalue weighted by Crippen LogP contribution is 2.20. The molecule has 1 saturated heterocycles. The van der Waals surface area contributed by atoms with Crippen LogP contribution in [0.2, 0.25) is 0 Å². The third-order valence-corrected chi connectivity index (χ3v) is 3.07. The Labute approximate surface area is 97.9 Å². The van der Waals surface area contributed by atoms with Crippen molar-refractivity contribution in [1.82, 2.24) is 0 Å². The van der Waals surface area contributed by atoms with Crippen LogP contribution >= 0.6 is 0 Å². The van der Waals surface area contributed by atoms with Crippen molar-refractivity contribution in [3.8, 4) is 0 Å². The Hall–Kier alpha value is -0.680. The van der Waals surface area contributed by atoms with Gasteiger partial charge in [-0.3, -0.25) is 0 Å². The van der Waals surface area contributed by atoms with E-state index in [-0.39, 0.29) is 0 Å². The fraction of sp³-hybridized carbons (Fsp3) is 1.00. The molecule has 1 aliphatic heterocycles. The molecular formula is C11H24N2O3. The fourth-order valence-corrected chi connectivity index (χ4v) is 2.20. The zero-order valence-corrected chi connectivity index (χ0v) is 10.5. The summed E-state index contributed by atoms with van der Waals surface area (Å²) in [5, 5.41) is 9.00. The third kappa shape index (κ3) is 6.02. The average Bonchev–Trinajstić information content (AvgIpc) is 2.74. The van der Waals surface area contributed by atoms with Gasteiger partial charge in [0.15, 0.2) is 6.73 Å². The van der Waals surface area contributed by atoms with Gasteiger partial charge in [0, 0.05) is 19.4 Å². The molecule has 5 nitrogen and oxygen atoms in total. The molecule has 0 bridgehead atoms. The minimum Gasteiger partial charge on any atom is -0.444 e. The minimum absolute atomic E-state index is 0.867. The van der Waals surface area contributed by atoms with Gasteiger partial charge in [-0.2, -0.15) is 0 Å². The highest BCUT2D eigenvalue weighted by atomic mass is 16.6. The number of hydrogen-bond acceptors (Lipinski definition) is 4. The van der Waals surface area contributed by atoms with Gasteiger partial charge in [0.2, 0.25) is 0 Å². The van der Waals surface area contributed by atoms with Crippen LogP contribution in [0, 0.1) is 10.1 Å². The van der Waals surface area contributed by atoms with E-state index in [0.717, 1.165) is 18.7 Å². The molecule has 0 aliphatic carbocycles. The van der Waals surface area contributed by atoms with E-state index in [1.807, 2.05) is 0 Å². The van der Waals surface area contributed by atoms with Crippen molar-refractivity contribution in [2.24, 2.45) is 5.34 Å². The second-order valence-electron chi connectivity index (χ2n) is 4.27. The van der Waals surface area contributed by atoms with E-state index in [9.17, 15) is 0 Å². The Morgan fingerprint density at radius 3 is 2.31 bits per heavy atom. The van der Waals surface area contributed by atoms with Crippen LogP contribution in [-0.4, -0.2) is 37.5 Å². The lowest BCUT2D eigenvalue weighted by molar-refractivity contribution is -0.935. The maximum atomic E-state index is 8.00. The summed E-state index contributed by atoms with van der Waals surface area (Å²) in [4.78, 5) is 8.00. The standard InChI is InChI=1S/C11H24NO.HNO2/c1-3-5-8-12(11-13-4-2)9-6-7-10-12;2-1-3/h3-11H2,1-2H3;(H,2,3)/q+1;/p-1. The van der Waals surface area contributed by atoms with Crippen LogP contribution in [0.15, 0.2) is 5.34 Å². The molecule has 0 aromatic carbocycles. The number of rotatable bonds is 6. The van der Waals surface area contributed by atoms with E-state index >= 15 is 0 Å². The van der Waals surface area contributed by atoms with Crippen molar-refractivity contribution in [2.45, 2.75) is 39.5 Å². The van der Waals surface area contributed by atoms with E-state index < -0.39 is 0 Å². The highest BCUT2D eigenvalue weighted by Gasteiger charge is 2.30. The van der Waals surface area contributed by atoms with Gasteiger partial charge in [0.1, 0.15) is 0 Å². The van der Waals surface area contributed by atoms with Gasteiger partial charge >= 0.3 is 0 Å². The number of likely N-dealkylation sites (tertiary alicyclic amines) is 1. The maximum absolute atomic E-state index is 8.00. The number of hydrogen-bond donors (Lipinski definition) is 0. The lowest BCUT2D eigenvalue weighted by Crippen LogP contribution is -2.47. The molecule has 0 saturated carbocycles. The summed E-state index contributed by atoms with van der Waals surface area (Å²) in [6, 6.07) is 0. The lowest BCUT2D eigenvalue weighted by Gasteiger charge is -2.33. The second-order valence-corrected chi connectivity index (χ2v) is 4.27. The Balaban J connectivity index is 0.000000673. The van der Waals surface area contributed by atoms with E-state index in [2.05, 4.69) is 13.8 Å². The van der Waals surface area contributed by atoms with Crippen LogP contribution in [0.5, 0.6) is 0 Å². The Morgan fingerprint density at radius 2 is 1.88 bits per heavy atom. The van der Waals surface area contributed by atoms with E-state index in [1.165, 1.54) is 49.8 Å². The predicted octanol–water partition coefficient (Wildman–Crippen LogP) is 2.64. The van der Waals surface area contributed by atoms with Crippen LogP contribution in [0.25, 0.3) is 0 Å². The molecule has 0 N–H and O–H groups in total.